The quantitative estimate of drug-likeness (QED) is 0.125. The van der Waals surface area contributed by atoms with Gasteiger partial charge in [-0.25, -0.2) is 4.79 Å². The van der Waals surface area contributed by atoms with Crippen molar-refractivity contribution in [3.05, 3.63) is 35.9 Å². The summed E-state index contributed by atoms with van der Waals surface area (Å²) in [6, 6.07) is 9.58. The number of hydrogen-bond donors (Lipinski definition) is 2. The smallest absolute Gasteiger partial charge is 0.407 e. The number of nitrogens with one attached hydrogen (secondary N) is 2. The van der Waals surface area contributed by atoms with Crippen LogP contribution in [0.2, 0.25) is 54.4 Å². The lowest BCUT2D eigenvalue weighted by molar-refractivity contribution is -0.125. The highest BCUT2D eigenvalue weighted by Gasteiger charge is 2.46. The summed E-state index contributed by atoms with van der Waals surface area (Å²) >= 11 is 0. The third-order valence-corrected chi connectivity index (χ3v) is 23.7. The van der Waals surface area contributed by atoms with Gasteiger partial charge in [0.25, 0.3) is 0 Å². The van der Waals surface area contributed by atoms with E-state index in [1.54, 1.807) is 0 Å². The molecule has 11 heteroatoms. The second-order valence-corrected chi connectivity index (χ2v) is 31.8. The fourth-order valence-corrected chi connectivity index (χ4v) is 6.78. The summed E-state index contributed by atoms with van der Waals surface area (Å²) in [7, 11) is -6.47. The Labute approximate surface area is 284 Å². The standard InChI is InChI=1S/C35H68N2O6Si3/c1-32(2,3)44(10,11)41-26-35(27-42-45(12,13)33(4,5)6,28-43-46(14,15)34(7,8)9)37-30(38)23-19-20-24-36-31(39)40-25-29-21-17-16-18-22-29/h16-18,21-22H,19-20,23-28H2,1-15H3,(H,36,39)(H,37,38). The molecule has 2 N–H and O–H groups in total. The molecule has 266 valence electrons. The minimum atomic E-state index is -2.16. The Kier molecular flexibility index (Phi) is 15.5. The van der Waals surface area contributed by atoms with E-state index in [1.807, 2.05) is 30.3 Å². The minimum Gasteiger partial charge on any atom is -0.445 e. The normalized spacial score (nSPS) is 13.8. The molecule has 0 spiro atoms. The summed E-state index contributed by atoms with van der Waals surface area (Å²) in [6.07, 6.45) is 1.14. The molecule has 1 rings (SSSR count). The minimum absolute atomic E-state index is 0.0125. The molecule has 0 unspecified atom stereocenters. The second-order valence-electron chi connectivity index (χ2n) is 17.4. The molecule has 0 fully saturated rings. The maximum Gasteiger partial charge on any atom is 0.407 e. The number of hydrogen-bond acceptors (Lipinski definition) is 6. The maximum atomic E-state index is 13.6. The highest BCUT2D eigenvalue weighted by molar-refractivity contribution is 6.75. The molecule has 0 aliphatic carbocycles. The Morgan fingerprint density at radius 3 is 1.46 bits per heavy atom. The summed E-state index contributed by atoms with van der Waals surface area (Å²) in [5.41, 5.74) is 0.0994. The Hall–Kier alpha value is -1.51. The molecule has 0 saturated heterocycles. The molecule has 0 atom stereocenters. The SMILES string of the molecule is CC(C)(C)[Si](C)(C)OCC(CO[Si](C)(C)C(C)(C)C)(CO[Si](C)(C)C(C)(C)C)NC(=O)CCCCNC(=O)OCc1ccccc1. The van der Waals surface area contributed by atoms with E-state index in [1.165, 1.54) is 0 Å². The van der Waals surface area contributed by atoms with Crippen LogP contribution >= 0.6 is 0 Å². The second kappa shape index (κ2) is 16.7. The molecule has 1 aromatic carbocycles. The first-order chi connectivity index (χ1) is 20.7. The van der Waals surface area contributed by atoms with Gasteiger partial charge in [-0.3, -0.25) is 4.79 Å². The van der Waals surface area contributed by atoms with Crippen LogP contribution in [-0.4, -0.2) is 68.9 Å². The van der Waals surface area contributed by atoms with E-state index in [2.05, 4.69) is 112 Å². The van der Waals surface area contributed by atoms with Crippen molar-refractivity contribution in [3.8, 4) is 0 Å². The predicted molar refractivity (Wildman–Crippen MR) is 199 cm³/mol. The van der Waals surface area contributed by atoms with Gasteiger partial charge >= 0.3 is 6.09 Å². The van der Waals surface area contributed by atoms with Crippen molar-refractivity contribution in [1.82, 2.24) is 10.6 Å². The van der Waals surface area contributed by atoms with Crippen molar-refractivity contribution < 1.29 is 27.6 Å². The lowest BCUT2D eigenvalue weighted by atomic mass is 10.0. The molecule has 0 aliphatic heterocycles. The zero-order chi connectivity index (χ0) is 35.7. The number of carbonyl (C=O) groups excluding carboxylic acids is 2. The number of unbranched alkanes of at least 4 members (excludes halogenated alkanes) is 1. The first-order valence-electron chi connectivity index (χ1n) is 16.9. The van der Waals surface area contributed by atoms with Gasteiger partial charge < -0.3 is 28.6 Å². The number of carbonyl (C=O) groups is 2. The van der Waals surface area contributed by atoms with E-state index in [9.17, 15) is 9.59 Å². The van der Waals surface area contributed by atoms with Gasteiger partial charge in [-0.15, -0.1) is 0 Å². The van der Waals surface area contributed by atoms with Crippen molar-refractivity contribution >= 4 is 37.0 Å². The van der Waals surface area contributed by atoms with E-state index in [0.29, 0.717) is 45.6 Å². The maximum absolute atomic E-state index is 13.6. The molecule has 0 radical (unpaired) electrons. The van der Waals surface area contributed by atoms with Gasteiger partial charge in [0, 0.05) is 13.0 Å². The first kappa shape index (κ1) is 42.5. The third-order valence-electron chi connectivity index (χ3n) is 10.3. The van der Waals surface area contributed by atoms with Crippen LogP contribution in [0.1, 0.15) is 87.1 Å². The van der Waals surface area contributed by atoms with E-state index >= 15 is 0 Å². The van der Waals surface area contributed by atoms with Crippen molar-refractivity contribution in [2.75, 3.05) is 26.4 Å². The zero-order valence-electron chi connectivity index (χ0n) is 32.0. The summed E-state index contributed by atoms with van der Waals surface area (Å²) in [5.74, 6) is -0.0665. The molecule has 2 amide bonds. The topological polar surface area (TPSA) is 95.1 Å². The molecule has 0 saturated carbocycles. The van der Waals surface area contributed by atoms with Crippen molar-refractivity contribution in [1.29, 1.82) is 0 Å². The average Bonchev–Trinajstić information content (AvgIpc) is 2.91. The lowest BCUT2D eigenvalue weighted by Crippen LogP contribution is -2.63. The lowest BCUT2D eigenvalue weighted by Gasteiger charge is -2.46. The fraction of sp³-hybridized carbons (Fsp3) is 0.771. The molecule has 0 aromatic heterocycles. The van der Waals surface area contributed by atoms with Gasteiger partial charge in [-0.05, 0) is 72.8 Å². The number of rotatable bonds is 17. The molecule has 0 bridgehead atoms. The highest BCUT2D eigenvalue weighted by atomic mass is 28.4. The molecular weight excluding hydrogens is 629 g/mol. The van der Waals surface area contributed by atoms with Gasteiger partial charge in [-0.2, -0.15) is 0 Å². The number of amides is 2. The van der Waals surface area contributed by atoms with Crippen molar-refractivity contribution in [3.63, 3.8) is 0 Å². The van der Waals surface area contributed by atoms with Crippen molar-refractivity contribution in [2.45, 2.75) is 148 Å². The largest absolute Gasteiger partial charge is 0.445 e. The van der Waals surface area contributed by atoms with Crippen LogP contribution in [0.15, 0.2) is 30.3 Å². The van der Waals surface area contributed by atoms with E-state index in [4.69, 9.17) is 18.0 Å². The molecule has 0 aliphatic rings. The third kappa shape index (κ3) is 13.9. The number of ether oxygens (including phenoxy) is 1. The molecule has 1 aromatic rings. The van der Waals surface area contributed by atoms with E-state index < -0.39 is 36.6 Å². The van der Waals surface area contributed by atoms with Gasteiger partial charge in [0.05, 0.1) is 19.8 Å². The monoisotopic (exact) mass is 696 g/mol. The molecule has 0 heterocycles. The van der Waals surface area contributed by atoms with Crippen LogP contribution in [0, 0.1) is 0 Å². The Bertz CT molecular complexity index is 1020. The Balaban J connectivity index is 3.07. The van der Waals surface area contributed by atoms with Gasteiger partial charge in [0.2, 0.25) is 5.91 Å². The predicted octanol–water partition coefficient (Wildman–Crippen LogP) is 9.00. The molecular formula is C35H68N2O6Si3. The molecule has 46 heavy (non-hydrogen) atoms. The highest BCUT2D eigenvalue weighted by Crippen LogP contribution is 2.40. The number of alkyl carbamates (subject to hydrolysis) is 1. The molecule has 8 nitrogen and oxygen atoms in total. The van der Waals surface area contributed by atoms with Gasteiger partial charge in [-0.1, -0.05) is 92.6 Å². The Morgan fingerprint density at radius 2 is 1.07 bits per heavy atom. The van der Waals surface area contributed by atoms with E-state index in [-0.39, 0.29) is 27.6 Å². The first-order valence-corrected chi connectivity index (χ1v) is 25.6. The average molecular weight is 697 g/mol. The van der Waals surface area contributed by atoms with E-state index in [0.717, 1.165) is 5.56 Å². The Morgan fingerprint density at radius 1 is 0.652 bits per heavy atom. The van der Waals surface area contributed by atoms with Gasteiger partial charge in [0.15, 0.2) is 25.0 Å². The van der Waals surface area contributed by atoms with Crippen LogP contribution in [-0.2, 0) is 29.4 Å². The fourth-order valence-electron chi connectivity index (χ4n) is 3.57. The van der Waals surface area contributed by atoms with Crippen LogP contribution in [0.25, 0.3) is 0 Å². The summed E-state index contributed by atoms with van der Waals surface area (Å²) < 4.78 is 25.8. The summed E-state index contributed by atoms with van der Waals surface area (Å²) in [4.78, 5) is 25.8. The summed E-state index contributed by atoms with van der Waals surface area (Å²) in [6.45, 7) is 35.1. The summed E-state index contributed by atoms with van der Waals surface area (Å²) in [5, 5.41) is 6.21. The van der Waals surface area contributed by atoms with Crippen molar-refractivity contribution in [2.24, 2.45) is 0 Å². The van der Waals surface area contributed by atoms with Crippen LogP contribution < -0.4 is 10.6 Å². The van der Waals surface area contributed by atoms with Crippen LogP contribution in [0.5, 0.6) is 0 Å². The zero-order valence-corrected chi connectivity index (χ0v) is 35.0. The van der Waals surface area contributed by atoms with Gasteiger partial charge in [0.1, 0.15) is 12.1 Å². The van der Waals surface area contributed by atoms with Crippen LogP contribution in [0.4, 0.5) is 4.79 Å². The van der Waals surface area contributed by atoms with Crippen LogP contribution in [0.3, 0.4) is 0 Å². The number of benzene rings is 1.